The predicted octanol–water partition coefficient (Wildman–Crippen LogP) is 1.80. The minimum absolute atomic E-state index is 0.336. The molecular weight excluding hydrogens is 152 g/mol. The van der Waals surface area contributed by atoms with E-state index in [1.54, 1.807) is 0 Å². The van der Waals surface area contributed by atoms with Gasteiger partial charge in [-0.1, -0.05) is 19.9 Å². The first kappa shape index (κ1) is 9.46. The zero-order valence-electron chi connectivity index (χ0n) is 7.75. The second kappa shape index (κ2) is 4.41. The van der Waals surface area contributed by atoms with Crippen LogP contribution in [0.15, 0.2) is 11.6 Å². The molecule has 0 aromatic heterocycles. The zero-order chi connectivity index (χ0) is 8.97. The molecular formula is C10H16O2. The van der Waals surface area contributed by atoms with Crippen LogP contribution in [0.5, 0.6) is 0 Å². The van der Waals surface area contributed by atoms with Gasteiger partial charge in [0.25, 0.3) is 0 Å². The number of carbonyl (C=O) groups excluding carboxylic acids is 1. The maximum Gasteiger partial charge on any atom is 0.145 e. The molecule has 0 aliphatic carbocycles. The molecule has 68 valence electrons. The first-order valence-electron chi connectivity index (χ1n) is 4.48. The highest BCUT2D eigenvalue weighted by atomic mass is 16.5. The highest BCUT2D eigenvalue weighted by Crippen LogP contribution is 2.18. The molecule has 12 heavy (non-hydrogen) atoms. The van der Waals surface area contributed by atoms with E-state index in [1.165, 1.54) is 0 Å². The van der Waals surface area contributed by atoms with Crippen molar-refractivity contribution >= 4 is 6.29 Å². The Morgan fingerprint density at radius 2 is 2.33 bits per heavy atom. The quantitative estimate of drug-likeness (QED) is 0.474. The molecule has 0 radical (unpaired) electrons. The summed E-state index contributed by atoms with van der Waals surface area (Å²) in [4.78, 5) is 10.6. The van der Waals surface area contributed by atoms with Gasteiger partial charge in [0.15, 0.2) is 0 Å². The van der Waals surface area contributed by atoms with Crippen molar-refractivity contribution in [3.63, 3.8) is 0 Å². The summed E-state index contributed by atoms with van der Waals surface area (Å²) < 4.78 is 5.22. The molecule has 1 heterocycles. The van der Waals surface area contributed by atoms with Gasteiger partial charge in [-0.15, -0.1) is 0 Å². The Kier molecular flexibility index (Phi) is 3.48. The SMILES string of the molecule is CC(C)C(C=O)=CC1CCOC1. The number of hydrogen-bond donors (Lipinski definition) is 0. The molecule has 0 aromatic carbocycles. The van der Waals surface area contributed by atoms with E-state index in [-0.39, 0.29) is 0 Å². The Balaban J connectivity index is 2.56. The van der Waals surface area contributed by atoms with Gasteiger partial charge in [-0.3, -0.25) is 4.79 Å². The third-order valence-corrected chi connectivity index (χ3v) is 2.20. The van der Waals surface area contributed by atoms with Crippen molar-refractivity contribution in [3.05, 3.63) is 11.6 Å². The van der Waals surface area contributed by atoms with Gasteiger partial charge in [-0.2, -0.15) is 0 Å². The second-order valence-electron chi connectivity index (χ2n) is 3.56. The molecule has 0 saturated carbocycles. The van der Waals surface area contributed by atoms with E-state index in [0.29, 0.717) is 11.8 Å². The van der Waals surface area contributed by atoms with Crippen LogP contribution in [0.1, 0.15) is 20.3 Å². The van der Waals surface area contributed by atoms with Gasteiger partial charge in [0.2, 0.25) is 0 Å². The van der Waals surface area contributed by atoms with Crippen LogP contribution in [-0.2, 0) is 9.53 Å². The van der Waals surface area contributed by atoms with E-state index < -0.39 is 0 Å². The van der Waals surface area contributed by atoms with Crippen molar-refractivity contribution in [2.24, 2.45) is 11.8 Å². The third-order valence-electron chi connectivity index (χ3n) is 2.20. The zero-order valence-corrected chi connectivity index (χ0v) is 7.75. The van der Waals surface area contributed by atoms with E-state index in [1.807, 2.05) is 13.8 Å². The fourth-order valence-electron chi connectivity index (χ4n) is 1.32. The molecule has 1 aliphatic heterocycles. The van der Waals surface area contributed by atoms with E-state index in [4.69, 9.17) is 4.74 Å². The third kappa shape index (κ3) is 2.45. The lowest BCUT2D eigenvalue weighted by molar-refractivity contribution is -0.105. The van der Waals surface area contributed by atoms with Crippen LogP contribution < -0.4 is 0 Å². The number of hydrogen-bond acceptors (Lipinski definition) is 2. The number of carbonyl (C=O) groups is 1. The van der Waals surface area contributed by atoms with Crippen molar-refractivity contribution in [2.75, 3.05) is 13.2 Å². The number of rotatable bonds is 3. The van der Waals surface area contributed by atoms with Crippen LogP contribution >= 0.6 is 0 Å². The fourth-order valence-corrected chi connectivity index (χ4v) is 1.32. The average molecular weight is 168 g/mol. The molecule has 1 fully saturated rings. The minimum atomic E-state index is 0.336. The molecule has 0 N–H and O–H groups in total. The number of allylic oxidation sites excluding steroid dienone is 1. The molecule has 0 bridgehead atoms. The topological polar surface area (TPSA) is 26.3 Å². The molecule has 0 amide bonds. The van der Waals surface area contributed by atoms with Gasteiger partial charge in [0.1, 0.15) is 6.29 Å². The van der Waals surface area contributed by atoms with Crippen LogP contribution in [0, 0.1) is 11.8 Å². The van der Waals surface area contributed by atoms with Gasteiger partial charge in [-0.25, -0.2) is 0 Å². The summed E-state index contributed by atoms with van der Waals surface area (Å²) in [5.74, 6) is 0.802. The normalized spacial score (nSPS) is 24.9. The summed E-state index contributed by atoms with van der Waals surface area (Å²) in [6.45, 7) is 5.70. The van der Waals surface area contributed by atoms with Crippen LogP contribution in [-0.4, -0.2) is 19.5 Å². The Labute approximate surface area is 73.6 Å². The smallest absolute Gasteiger partial charge is 0.145 e. The Hall–Kier alpha value is -0.630. The van der Waals surface area contributed by atoms with Gasteiger partial charge in [0, 0.05) is 12.5 Å². The van der Waals surface area contributed by atoms with Crippen LogP contribution in [0.25, 0.3) is 0 Å². The van der Waals surface area contributed by atoms with Gasteiger partial charge in [0.05, 0.1) is 6.61 Å². The van der Waals surface area contributed by atoms with Gasteiger partial charge in [-0.05, 0) is 17.9 Å². The minimum Gasteiger partial charge on any atom is -0.381 e. The van der Waals surface area contributed by atoms with Crippen molar-refractivity contribution in [2.45, 2.75) is 20.3 Å². The lowest BCUT2D eigenvalue weighted by atomic mass is 9.98. The monoisotopic (exact) mass is 168 g/mol. The summed E-state index contributed by atoms with van der Waals surface area (Å²) in [5.41, 5.74) is 0.908. The Bertz CT molecular complexity index is 176. The van der Waals surface area contributed by atoms with Gasteiger partial charge >= 0.3 is 0 Å². The van der Waals surface area contributed by atoms with E-state index in [2.05, 4.69) is 6.08 Å². The summed E-state index contributed by atoms with van der Waals surface area (Å²) in [7, 11) is 0. The molecule has 1 atom stereocenters. The van der Waals surface area contributed by atoms with Crippen LogP contribution in [0.3, 0.4) is 0 Å². The number of aldehydes is 1. The molecule has 2 nitrogen and oxygen atoms in total. The molecule has 0 aromatic rings. The van der Waals surface area contributed by atoms with Crippen molar-refractivity contribution in [1.82, 2.24) is 0 Å². The Morgan fingerprint density at radius 1 is 1.58 bits per heavy atom. The predicted molar refractivity (Wildman–Crippen MR) is 47.9 cm³/mol. The number of ether oxygens (including phenoxy) is 1. The Morgan fingerprint density at radius 3 is 2.75 bits per heavy atom. The van der Waals surface area contributed by atoms with E-state index in [9.17, 15) is 4.79 Å². The molecule has 1 aliphatic rings. The molecule has 0 spiro atoms. The highest BCUT2D eigenvalue weighted by Gasteiger charge is 2.14. The van der Waals surface area contributed by atoms with Crippen molar-refractivity contribution < 1.29 is 9.53 Å². The lowest BCUT2D eigenvalue weighted by Gasteiger charge is -2.06. The summed E-state index contributed by atoms with van der Waals surface area (Å²) in [5, 5.41) is 0. The average Bonchev–Trinajstić information content (AvgIpc) is 2.51. The van der Waals surface area contributed by atoms with Crippen LogP contribution in [0.4, 0.5) is 0 Å². The van der Waals surface area contributed by atoms with E-state index >= 15 is 0 Å². The van der Waals surface area contributed by atoms with Crippen molar-refractivity contribution in [3.8, 4) is 0 Å². The van der Waals surface area contributed by atoms with Gasteiger partial charge < -0.3 is 4.74 Å². The highest BCUT2D eigenvalue weighted by molar-refractivity contribution is 5.73. The molecule has 1 rings (SSSR count). The first-order chi connectivity index (χ1) is 5.74. The fraction of sp³-hybridized carbons (Fsp3) is 0.700. The van der Waals surface area contributed by atoms with Crippen LogP contribution in [0.2, 0.25) is 0 Å². The molecule has 1 saturated heterocycles. The maximum absolute atomic E-state index is 10.6. The van der Waals surface area contributed by atoms with Crippen molar-refractivity contribution in [1.29, 1.82) is 0 Å². The second-order valence-corrected chi connectivity index (χ2v) is 3.56. The largest absolute Gasteiger partial charge is 0.381 e. The molecule has 1 unspecified atom stereocenters. The maximum atomic E-state index is 10.6. The standard InChI is InChI=1S/C10H16O2/c1-8(2)10(6-11)5-9-3-4-12-7-9/h5-6,8-9H,3-4,7H2,1-2H3. The summed E-state index contributed by atoms with van der Waals surface area (Å²) >= 11 is 0. The lowest BCUT2D eigenvalue weighted by Crippen LogP contribution is -2.01. The summed E-state index contributed by atoms with van der Waals surface area (Å²) in [6, 6.07) is 0. The summed E-state index contributed by atoms with van der Waals surface area (Å²) in [6.07, 6.45) is 4.08. The first-order valence-corrected chi connectivity index (χ1v) is 4.48. The van der Waals surface area contributed by atoms with E-state index in [0.717, 1.165) is 31.5 Å². The molecule has 2 heteroatoms.